The number of likely N-dealkylation sites (tertiary alicyclic amines) is 1. The third-order valence-electron chi connectivity index (χ3n) is 6.01. The first kappa shape index (κ1) is 24.3. The lowest BCUT2D eigenvalue weighted by Crippen LogP contribution is -2.37. The number of rotatable bonds is 5. The lowest BCUT2D eigenvalue weighted by Gasteiger charge is -2.25. The van der Waals surface area contributed by atoms with E-state index < -0.39 is 40.9 Å². The molecular weight excluding hydrogens is 461 g/mol. The van der Waals surface area contributed by atoms with Gasteiger partial charge in [0, 0.05) is 17.5 Å². The molecule has 35 heavy (non-hydrogen) atoms. The van der Waals surface area contributed by atoms with Crippen molar-refractivity contribution in [3.05, 3.63) is 70.9 Å². The molecular formula is C25H23F3N4O3. The third kappa shape index (κ3) is 4.71. The van der Waals surface area contributed by atoms with Gasteiger partial charge in [-0.05, 0) is 38.1 Å². The fourth-order valence-corrected chi connectivity index (χ4v) is 4.02. The summed E-state index contributed by atoms with van der Waals surface area (Å²) in [6, 6.07) is 10.1. The summed E-state index contributed by atoms with van der Waals surface area (Å²) in [7, 11) is 0. The van der Waals surface area contributed by atoms with E-state index in [9.17, 15) is 18.0 Å². The molecule has 7 nitrogen and oxygen atoms in total. The maximum Gasteiger partial charge on any atom is 0.407 e. The van der Waals surface area contributed by atoms with Crippen LogP contribution in [-0.4, -0.2) is 33.7 Å². The summed E-state index contributed by atoms with van der Waals surface area (Å²) in [4.78, 5) is 17.7. The molecule has 182 valence electrons. The molecule has 1 aliphatic heterocycles. The first-order valence-electron chi connectivity index (χ1n) is 10.9. The fraction of sp³-hybridized carbons (Fsp3) is 0.360. The summed E-state index contributed by atoms with van der Waals surface area (Å²) >= 11 is 0. The molecule has 2 unspecified atom stereocenters. The van der Waals surface area contributed by atoms with Gasteiger partial charge in [-0.2, -0.15) is 13.2 Å². The number of hydrogen-bond donors (Lipinski definition) is 0. The smallest absolute Gasteiger partial charge is 0.407 e. The minimum atomic E-state index is -4.72. The quantitative estimate of drug-likeness (QED) is 0.416. The van der Waals surface area contributed by atoms with Gasteiger partial charge in [0.25, 0.3) is 5.91 Å². The van der Waals surface area contributed by atoms with Gasteiger partial charge in [-0.25, -0.2) is 4.85 Å². The lowest BCUT2D eigenvalue weighted by atomic mass is 9.89. The molecule has 0 radical (unpaired) electrons. The maximum absolute atomic E-state index is 13.4. The Morgan fingerprint density at radius 1 is 1.20 bits per heavy atom. The number of benzene rings is 2. The van der Waals surface area contributed by atoms with Crippen LogP contribution in [0.15, 0.2) is 46.9 Å². The number of ether oxygens (including phenoxy) is 1. The highest BCUT2D eigenvalue weighted by Gasteiger charge is 2.50. The van der Waals surface area contributed by atoms with Gasteiger partial charge in [-0.1, -0.05) is 37.6 Å². The summed E-state index contributed by atoms with van der Waals surface area (Å²) in [5.74, 6) is 0.0294. The van der Waals surface area contributed by atoms with Crippen LogP contribution in [0, 0.1) is 18.9 Å². The highest BCUT2D eigenvalue weighted by Crippen LogP contribution is 2.42. The Morgan fingerprint density at radius 2 is 1.89 bits per heavy atom. The van der Waals surface area contributed by atoms with E-state index in [4.69, 9.17) is 15.7 Å². The summed E-state index contributed by atoms with van der Waals surface area (Å²) in [5.41, 5.74) is -0.518. The van der Waals surface area contributed by atoms with Gasteiger partial charge in [0.1, 0.15) is 11.8 Å². The summed E-state index contributed by atoms with van der Waals surface area (Å²) in [6.07, 6.45) is -5.76. The van der Waals surface area contributed by atoms with Gasteiger partial charge < -0.3 is 14.1 Å². The number of aryl methyl sites for hydroxylation is 1. The number of alkyl halides is 3. The van der Waals surface area contributed by atoms with E-state index in [1.54, 1.807) is 20.8 Å². The van der Waals surface area contributed by atoms with Crippen LogP contribution in [0.25, 0.3) is 16.3 Å². The van der Waals surface area contributed by atoms with Crippen molar-refractivity contribution >= 4 is 11.6 Å². The second-order valence-electron chi connectivity index (χ2n) is 9.23. The molecule has 2 atom stereocenters. The van der Waals surface area contributed by atoms with Gasteiger partial charge >= 0.3 is 6.18 Å². The Kier molecular flexibility index (Phi) is 6.05. The summed E-state index contributed by atoms with van der Waals surface area (Å²) in [5, 5.41) is 8.19. The summed E-state index contributed by atoms with van der Waals surface area (Å²) in [6.45, 7) is 14.6. The van der Waals surface area contributed by atoms with Gasteiger partial charge in [-0.3, -0.25) is 4.79 Å². The first-order chi connectivity index (χ1) is 16.4. The molecule has 1 aromatic heterocycles. The third-order valence-corrected chi connectivity index (χ3v) is 6.01. The van der Waals surface area contributed by atoms with E-state index in [0.29, 0.717) is 5.89 Å². The Hall–Kier alpha value is -3.87. The number of carbonyl (C=O) groups excluding carboxylic acids is 1. The maximum atomic E-state index is 13.4. The normalized spacial score (nSPS) is 18.4. The van der Waals surface area contributed by atoms with Crippen LogP contribution < -0.4 is 4.74 Å². The number of halogens is 3. The van der Waals surface area contributed by atoms with E-state index in [-0.39, 0.29) is 18.2 Å². The molecule has 1 amide bonds. The molecule has 1 aliphatic rings. The molecule has 0 saturated carbocycles. The zero-order chi connectivity index (χ0) is 25.5. The minimum absolute atomic E-state index is 0.134. The Morgan fingerprint density at radius 3 is 2.51 bits per heavy atom. The SMILES string of the molecule is [C-]#[N+]c1ccc(OC2C(=O)N(C(C)c3nnc(-c4ccc(C)cc4)o3)CC2(C)C)cc1C(F)(F)F. The molecule has 1 fully saturated rings. The predicted molar refractivity (Wildman–Crippen MR) is 121 cm³/mol. The number of nitrogens with zero attached hydrogens (tertiary/aromatic N) is 4. The van der Waals surface area contributed by atoms with Crippen LogP contribution in [0.5, 0.6) is 5.75 Å². The molecule has 1 saturated heterocycles. The Balaban J connectivity index is 1.56. The topological polar surface area (TPSA) is 72.8 Å². The average molecular weight is 484 g/mol. The van der Waals surface area contributed by atoms with E-state index in [1.807, 2.05) is 31.2 Å². The largest absolute Gasteiger partial charge is 0.480 e. The van der Waals surface area contributed by atoms with Crippen LogP contribution in [0.4, 0.5) is 18.9 Å². The molecule has 2 aromatic carbocycles. The van der Waals surface area contributed by atoms with Crippen LogP contribution >= 0.6 is 0 Å². The molecule has 10 heteroatoms. The van der Waals surface area contributed by atoms with Crippen LogP contribution in [0.3, 0.4) is 0 Å². The predicted octanol–water partition coefficient (Wildman–Crippen LogP) is 5.99. The molecule has 0 aliphatic carbocycles. The van der Waals surface area contributed by atoms with E-state index >= 15 is 0 Å². The van der Waals surface area contributed by atoms with E-state index in [2.05, 4.69) is 15.0 Å². The van der Waals surface area contributed by atoms with Crippen molar-refractivity contribution in [1.82, 2.24) is 15.1 Å². The van der Waals surface area contributed by atoms with Crippen molar-refractivity contribution in [2.75, 3.05) is 6.54 Å². The minimum Gasteiger partial charge on any atom is -0.480 e. The van der Waals surface area contributed by atoms with Crippen molar-refractivity contribution in [2.45, 2.75) is 46.0 Å². The van der Waals surface area contributed by atoms with Crippen molar-refractivity contribution in [3.8, 4) is 17.2 Å². The number of carbonyl (C=O) groups is 1. The van der Waals surface area contributed by atoms with Crippen molar-refractivity contribution in [3.63, 3.8) is 0 Å². The van der Waals surface area contributed by atoms with Crippen molar-refractivity contribution < 1.29 is 27.1 Å². The molecule has 4 rings (SSSR count). The van der Waals surface area contributed by atoms with Gasteiger partial charge in [0.05, 0.1) is 12.1 Å². The molecule has 0 bridgehead atoms. The fourth-order valence-electron chi connectivity index (χ4n) is 4.02. The van der Waals surface area contributed by atoms with E-state index in [1.165, 1.54) is 11.0 Å². The lowest BCUT2D eigenvalue weighted by molar-refractivity contribution is -0.137. The monoisotopic (exact) mass is 484 g/mol. The molecule has 3 aromatic rings. The number of hydrogen-bond acceptors (Lipinski definition) is 5. The number of aromatic nitrogens is 2. The zero-order valence-corrected chi connectivity index (χ0v) is 19.6. The second kappa shape index (κ2) is 8.73. The highest BCUT2D eigenvalue weighted by molar-refractivity contribution is 5.85. The molecule has 0 spiro atoms. The van der Waals surface area contributed by atoms with Gasteiger partial charge in [0.2, 0.25) is 11.8 Å². The highest BCUT2D eigenvalue weighted by atomic mass is 19.4. The standard InChI is InChI=1S/C25H23F3N4O3/c1-14-6-8-16(9-7-14)22-31-30-21(35-22)15(2)32-13-24(3,4)20(23(32)33)34-17-10-11-19(29-5)18(12-17)25(26,27)28/h6-12,15,20H,13H2,1-4H3. The van der Waals surface area contributed by atoms with Crippen LogP contribution in [0.1, 0.15) is 43.8 Å². The van der Waals surface area contributed by atoms with Crippen molar-refractivity contribution in [2.24, 2.45) is 5.41 Å². The van der Waals surface area contributed by atoms with E-state index in [0.717, 1.165) is 23.3 Å². The summed E-state index contributed by atoms with van der Waals surface area (Å²) < 4.78 is 51.7. The molecule has 2 heterocycles. The van der Waals surface area contributed by atoms with Gasteiger partial charge in [-0.15, -0.1) is 10.2 Å². The van der Waals surface area contributed by atoms with Gasteiger partial charge in [0.15, 0.2) is 11.8 Å². The number of amides is 1. The molecule has 0 N–H and O–H groups in total. The van der Waals surface area contributed by atoms with Crippen LogP contribution in [-0.2, 0) is 11.0 Å². The Labute approximate surface area is 200 Å². The van der Waals surface area contributed by atoms with Crippen LogP contribution in [0.2, 0.25) is 0 Å². The Bertz CT molecular complexity index is 1290. The second-order valence-corrected chi connectivity index (χ2v) is 9.23. The van der Waals surface area contributed by atoms with Crippen molar-refractivity contribution in [1.29, 1.82) is 0 Å². The first-order valence-corrected chi connectivity index (χ1v) is 10.9. The average Bonchev–Trinajstić information content (AvgIpc) is 3.37. The zero-order valence-electron chi connectivity index (χ0n) is 19.6.